The third-order valence-corrected chi connectivity index (χ3v) is 5.06. The molecule has 0 bridgehead atoms. The molecule has 4 rings (SSSR count). The van der Waals surface area contributed by atoms with Crippen LogP contribution in [0.15, 0.2) is 83.6 Å². The summed E-state index contributed by atoms with van der Waals surface area (Å²) in [6, 6.07) is 11.6. The number of nitrogens with one attached hydrogen (secondary N) is 2. The van der Waals surface area contributed by atoms with Crippen molar-refractivity contribution in [1.29, 1.82) is 5.41 Å². The largest absolute Gasteiger partial charge is 0.416 e. The summed E-state index contributed by atoms with van der Waals surface area (Å²) in [4.78, 5) is 12.7. The van der Waals surface area contributed by atoms with Gasteiger partial charge in [-0.2, -0.15) is 23.4 Å². The Kier molecular flexibility index (Phi) is 6.32. The van der Waals surface area contributed by atoms with E-state index in [1.807, 2.05) is 0 Å². The first-order valence-corrected chi connectivity index (χ1v) is 10.2. The lowest BCUT2D eigenvalue weighted by Gasteiger charge is -2.16. The van der Waals surface area contributed by atoms with Gasteiger partial charge in [0.25, 0.3) is 0 Å². The second-order valence-electron chi connectivity index (χ2n) is 7.47. The smallest absolute Gasteiger partial charge is 0.353 e. The van der Waals surface area contributed by atoms with Crippen LogP contribution in [0.25, 0.3) is 17.1 Å². The van der Waals surface area contributed by atoms with E-state index in [2.05, 4.69) is 15.5 Å². The molecule has 7 nitrogen and oxygen atoms in total. The molecule has 0 saturated carbocycles. The minimum absolute atomic E-state index is 0.0206. The second kappa shape index (κ2) is 9.37. The Labute approximate surface area is 196 Å². The number of nitrogens with zero attached hydrogens (tertiary/aromatic N) is 4. The first-order valence-electron chi connectivity index (χ1n) is 10.2. The Balaban J connectivity index is 1.76. The zero-order chi connectivity index (χ0) is 25.2. The van der Waals surface area contributed by atoms with Crippen LogP contribution in [0.5, 0.6) is 0 Å². The van der Waals surface area contributed by atoms with Crippen LogP contribution < -0.4 is 10.7 Å². The highest BCUT2D eigenvalue weighted by Gasteiger charge is 2.30. The molecule has 2 aromatic carbocycles. The van der Waals surface area contributed by atoms with Crippen LogP contribution in [0.4, 0.5) is 23.2 Å². The first kappa shape index (κ1) is 23.6. The molecule has 0 radical (unpaired) electrons. The molecule has 2 heterocycles. The lowest BCUT2D eigenvalue weighted by Crippen LogP contribution is -2.20. The van der Waals surface area contributed by atoms with Gasteiger partial charge in [-0.15, -0.1) is 0 Å². The number of rotatable bonds is 6. The molecule has 0 aliphatic heterocycles. The highest BCUT2D eigenvalue weighted by molar-refractivity contribution is 5.92. The number of benzene rings is 2. The van der Waals surface area contributed by atoms with Crippen molar-refractivity contribution in [2.75, 3.05) is 5.32 Å². The molecule has 2 N–H and O–H groups in total. The van der Waals surface area contributed by atoms with Gasteiger partial charge in [0.2, 0.25) is 5.43 Å². The van der Waals surface area contributed by atoms with Crippen LogP contribution in [0, 0.1) is 11.2 Å². The van der Waals surface area contributed by atoms with Gasteiger partial charge in [0.1, 0.15) is 5.69 Å². The highest BCUT2D eigenvalue weighted by Crippen LogP contribution is 2.31. The lowest BCUT2D eigenvalue weighted by molar-refractivity contribution is -0.137. The predicted molar refractivity (Wildman–Crippen MR) is 123 cm³/mol. The fourth-order valence-corrected chi connectivity index (χ4v) is 3.29. The fraction of sp³-hybridized carbons (Fsp3) is 0.0833. The van der Waals surface area contributed by atoms with Crippen LogP contribution >= 0.6 is 0 Å². The maximum Gasteiger partial charge on any atom is 0.416 e. The molecule has 0 fully saturated rings. The summed E-state index contributed by atoms with van der Waals surface area (Å²) in [5, 5.41) is 18.6. The Morgan fingerprint density at radius 3 is 2.51 bits per heavy atom. The number of hydrogen-bond acceptors (Lipinski definition) is 5. The van der Waals surface area contributed by atoms with Gasteiger partial charge in [0, 0.05) is 42.6 Å². The van der Waals surface area contributed by atoms with Crippen LogP contribution in [0.3, 0.4) is 0 Å². The number of alkyl halides is 3. The number of anilines is 1. The molecule has 0 spiro atoms. The normalized spacial score (nSPS) is 12.3. The molecular weight excluding hydrogens is 464 g/mol. The Morgan fingerprint density at radius 1 is 1.06 bits per heavy atom. The summed E-state index contributed by atoms with van der Waals surface area (Å²) in [6.45, 7) is 1.50. The summed E-state index contributed by atoms with van der Waals surface area (Å²) in [7, 11) is 0. The van der Waals surface area contributed by atoms with Crippen molar-refractivity contribution < 1.29 is 17.6 Å². The van der Waals surface area contributed by atoms with E-state index < -0.39 is 23.0 Å². The number of halogens is 4. The zero-order valence-corrected chi connectivity index (χ0v) is 18.2. The molecule has 0 saturated heterocycles. The van der Waals surface area contributed by atoms with Gasteiger partial charge in [-0.3, -0.25) is 4.79 Å². The monoisotopic (exact) mass is 482 g/mol. The van der Waals surface area contributed by atoms with Gasteiger partial charge >= 0.3 is 6.18 Å². The van der Waals surface area contributed by atoms with E-state index in [1.54, 1.807) is 24.5 Å². The molecule has 0 aliphatic rings. The van der Waals surface area contributed by atoms with Crippen molar-refractivity contribution in [2.24, 2.45) is 0 Å². The van der Waals surface area contributed by atoms with Crippen molar-refractivity contribution in [1.82, 2.24) is 19.6 Å². The Morgan fingerprint density at radius 2 is 1.86 bits per heavy atom. The molecule has 35 heavy (non-hydrogen) atoms. The lowest BCUT2D eigenvalue weighted by atomic mass is 10.1. The van der Waals surface area contributed by atoms with Crippen molar-refractivity contribution in [3.05, 3.63) is 106 Å². The van der Waals surface area contributed by atoms with Crippen LogP contribution in [-0.4, -0.2) is 25.8 Å². The first-order chi connectivity index (χ1) is 16.7. The van der Waals surface area contributed by atoms with Crippen LogP contribution in [0.1, 0.15) is 18.2 Å². The van der Waals surface area contributed by atoms with E-state index in [4.69, 9.17) is 5.41 Å². The van der Waals surface area contributed by atoms with E-state index in [0.717, 1.165) is 29.1 Å². The Hall–Kier alpha value is -4.54. The van der Waals surface area contributed by atoms with Crippen LogP contribution in [0.2, 0.25) is 0 Å². The quantitative estimate of drug-likeness (QED) is 0.297. The third kappa shape index (κ3) is 5.03. The highest BCUT2D eigenvalue weighted by atomic mass is 19.4. The van der Waals surface area contributed by atoms with Crippen molar-refractivity contribution in [3.63, 3.8) is 0 Å². The summed E-state index contributed by atoms with van der Waals surface area (Å²) in [5.74, 6) is -0.639. The molecule has 0 atom stereocenters. The summed E-state index contributed by atoms with van der Waals surface area (Å²) >= 11 is 0. The van der Waals surface area contributed by atoms with Gasteiger partial charge in [-0.25, -0.2) is 13.8 Å². The minimum atomic E-state index is -4.56. The summed E-state index contributed by atoms with van der Waals surface area (Å²) < 4.78 is 57.0. The van der Waals surface area contributed by atoms with Gasteiger partial charge in [-0.05, 0) is 48.9 Å². The molecule has 2 aromatic heterocycles. The van der Waals surface area contributed by atoms with Crippen molar-refractivity contribution >= 4 is 17.6 Å². The van der Waals surface area contributed by atoms with Crippen molar-refractivity contribution in [3.8, 4) is 11.4 Å². The third-order valence-electron chi connectivity index (χ3n) is 5.06. The molecule has 178 valence electrons. The van der Waals surface area contributed by atoms with Gasteiger partial charge in [0.05, 0.1) is 16.9 Å². The standard InChI is InChI=1S/C24H18F4N6O/c1-15(14-29)22(31-17-5-2-4-16(12-17)24(26,27)28)23-21(35)8-11-34(32-23)20-7-6-18(13-19(20)25)33-10-3-9-30-33/h2-14,29,31H,1H3/b22-15-,29-14?. The van der Waals surface area contributed by atoms with E-state index in [0.29, 0.717) is 5.69 Å². The van der Waals surface area contributed by atoms with E-state index in [9.17, 15) is 22.4 Å². The molecule has 0 unspecified atom stereocenters. The average Bonchev–Trinajstić information content (AvgIpc) is 3.37. The summed E-state index contributed by atoms with van der Waals surface area (Å²) in [5.41, 5.74) is -0.829. The zero-order valence-electron chi connectivity index (χ0n) is 18.2. The molecule has 0 amide bonds. The van der Waals surface area contributed by atoms with E-state index >= 15 is 0 Å². The van der Waals surface area contributed by atoms with Crippen molar-refractivity contribution in [2.45, 2.75) is 13.1 Å². The molecule has 0 aliphatic carbocycles. The SMILES string of the molecule is C/C(C=N)=C(/Nc1cccc(C(F)(F)F)c1)c1nn(-c2ccc(-n3cccn3)cc2F)ccc1=O. The number of hydrogen-bond donors (Lipinski definition) is 2. The second-order valence-corrected chi connectivity index (χ2v) is 7.47. The number of allylic oxidation sites excluding steroid dienone is 1. The predicted octanol–water partition coefficient (Wildman–Crippen LogP) is 5.07. The van der Waals surface area contributed by atoms with E-state index in [1.165, 1.54) is 42.1 Å². The maximum absolute atomic E-state index is 14.9. The molecular formula is C24H18F4N6O. The molecule has 11 heteroatoms. The average molecular weight is 482 g/mol. The summed E-state index contributed by atoms with van der Waals surface area (Å²) in [6.07, 6.45) is 0.863. The molecule has 4 aromatic rings. The van der Waals surface area contributed by atoms with Gasteiger partial charge in [-0.1, -0.05) is 6.07 Å². The minimum Gasteiger partial charge on any atom is -0.353 e. The Bertz CT molecular complexity index is 1470. The topological polar surface area (TPSA) is 88.6 Å². The number of aromatic nitrogens is 4. The van der Waals surface area contributed by atoms with E-state index in [-0.39, 0.29) is 28.3 Å². The van der Waals surface area contributed by atoms with Gasteiger partial charge in [0.15, 0.2) is 11.5 Å². The maximum atomic E-state index is 14.9. The van der Waals surface area contributed by atoms with Gasteiger partial charge < -0.3 is 10.7 Å². The fourth-order valence-electron chi connectivity index (χ4n) is 3.29. The van der Waals surface area contributed by atoms with Crippen LogP contribution in [-0.2, 0) is 6.18 Å².